The molecule has 9 heteroatoms. The average molecular weight is 181 g/mol. The molecule has 1 rings (SSSR count). The molecule has 0 aromatic carbocycles. The van der Waals surface area contributed by atoms with Gasteiger partial charge in [0.05, 0.1) is 18.1 Å². The summed E-state index contributed by atoms with van der Waals surface area (Å²) in [5.74, 6) is 0. The van der Waals surface area contributed by atoms with Gasteiger partial charge in [0.2, 0.25) is 0 Å². The van der Waals surface area contributed by atoms with Gasteiger partial charge in [-0.05, 0) is 0 Å². The highest BCUT2D eigenvalue weighted by molar-refractivity contribution is 7.11. The van der Waals surface area contributed by atoms with Gasteiger partial charge in [0.15, 0.2) is 0 Å². The van der Waals surface area contributed by atoms with Crippen molar-refractivity contribution in [3.05, 3.63) is 0 Å². The molecule has 1 heterocycles. The van der Waals surface area contributed by atoms with Crippen LogP contribution in [0.1, 0.15) is 0 Å². The van der Waals surface area contributed by atoms with E-state index in [0.29, 0.717) is 0 Å². The van der Waals surface area contributed by atoms with E-state index in [2.05, 4.69) is 14.4 Å². The number of halogens is 3. The number of nitrogens with zero attached hydrogens (tertiary/aromatic N) is 3. The van der Waals surface area contributed by atoms with Gasteiger partial charge in [-0.1, -0.05) is 0 Å². The van der Waals surface area contributed by atoms with Crippen LogP contribution in [0.3, 0.4) is 0 Å². The fraction of sp³-hybridized carbons (Fsp3) is 0. The van der Waals surface area contributed by atoms with E-state index in [1.165, 1.54) is 0 Å². The first-order chi connectivity index (χ1) is 4.18. The Morgan fingerprint density at radius 3 is 1.11 bits per heavy atom. The molecule has 0 bridgehead atoms. The lowest BCUT2D eigenvalue weighted by molar-refractivity contribution is 1.54. The standard InChI is InChI=1S/B3Cl3N3/c4-1-7-2(5)9-3(6)8-1/q-3. The highest BCUT2D eigenvalue weighted by atomic mass is 35.5. The van der Waals surface area contributed by atoms with Gasteiger partial charge in [-0.2, -0.15) is 0 Å². The van der Waals surface area contributed by atoms with E-state index in [-0.39, 0.29) is 0 Å². The monoisotopic (exact) mass is 180 g/mol. The minimum atomic E-state index is -0.646. The highest BCUT2D eigenvalue weighted by Crippen LogP contribution is 1.80. The molecule has 1 aromatic heterocycles. The maximum Gasteiger partial charge on any atom is 0.0756 e. The summed E-state index contributed by atoms with van der Waals surface area (Å²) in [6.45, 7) is 0. The van der Waals surface area contributed by atoms with Crippen molar-refractivity contribution >= 4 is 52.5 Å². The zero-order valence-electron chi connectivity index (χ0n) is 4.21. The van der Waals surface area contributed by atoms with Crippen LogP contribution < -0.4 is 0 Å². The Bertz CT molecular complexity index is 175. The van der Waals surface area contributed by atoms with Gasteiger partial charge >= 0.3 is 0 Å². The van der Waals surface area contributed by atoms with Crippen molar-refractivity contribution in [2.45, 2.75) is 0 Å². The maximum absolute atomic E-state index is 5.44. The second-order valence-corrected chi connectivity index (χ2v) is 2.55. The van der Waals surface area contributed by atoms with E-state index in [1.54, 1.807) is 0 Å². The molecule has 0 atom stereocenters. The number of aromatic nitrogens is 3. The van der Waals surface area contributed by atoms with Crippen LogP contribution in [-0.4, -0.2) is 32.5 Å². The molecule has 0 aliphatic rings. The summed E-state index contributed by atoms with van der Waals surface area (Å²) < 4.78 is 0. The fourth-order valence-electron chi connectivity index (χ4n) is 0.420. The van der Waals surface area contributed by atoms with Crippen molar-refractivity contribution in [2.75, 3.05) is 0 Å². The molecule has 0 fully saturated rings. The van der Waals surface area contributed by atoms with Crippen molar-refractivity contribution in [1.29, 1.82) is 0 Å². The summed E-state index contributed by atoms with van der Waals surface area (Å²) in [6.07, 6.45) is 0. The Morgan fingerprint density at radius 2 is 0.889 bits per heavy atom. The van der Waals surface area contributed by atoms with Crippen molar-refractivity contribution < 1.29 is 0 Å². The van der Waals surface area contributed by atoms with Crippen LogP contribution in [0, 0.1) is 0 Å². The van der Waals surface area contributed by atoms with E-state index in [9.17, 15) is 0 Å². The minimum Gasteiger partial charge on any atom is -0.714 e. The number of hydrogen-bond acceptors (Lipinski definition) is 3. The zero-order chi connectivity index (χ0) is 6.85. The lowest BCUT2D eigenvalue weighted by Gasteiger charge is -2.22. The molecular weight excluding hydrogens is 181 g/mol. The Labute approximate surface area is 67.2 Å². The summed E-state index contributed by atoms with van der Waals surface area (Å²) in [5.41, 5.74) is 0. The van der Waals surface area contributed by atoms with Gasteiger partial charge in [0.25, 0.3) is 0 Å². The van der Waals surface area contributed by atoms with E-state index in [1.807, 2.05) is 0 Å². The molecule has 0 saturated heterocycles. The van der Waals surface area contributed by atoms with Crippen LogP contribution in [0.15, 0.2) is 0 Å². The maximum atomic E-state index is 5.44. The molecular formula is B3Cl3N3-3. The van der Waals surface area contributed by atoms with Gasteiger partial charge in [-0.25, -0.2) is 0 Å². The van der Waals surface area contributed by atoms with Crippen LogP contribution in [0.4, 0.5) is 0 Å². The first-order valence-electron chi connectivity index (χ1n) is 2.20. The van der Waals surface area contributed by atoms with Crippen LogP contribution in [0.2, 0.25) is 0 Å². The molecule has 0 radical (unpaired) electrons. The molecule has 0 amide bonds. The van der Waals surface area contributed by atoms with Crippen molar-refractivity contribution in [3.63, 3.8) is 0 Å². The SMILES string of the molecule is Cl[b-]1n[b-](Cl)n[b-](Cl)n1. The molecule has 0 unspecified atom stereocenters. The second-order valence-electron chi connectivity index (χ2n) is 1.38. The molecule has 48 valence electrons. The molecule has 0 N–H and O–H groups in total. The van der Waals surface area contributed by atoms with Crippen LogP contribution >= 0.6 is 34.4 Å². The first kappa shape index (κ1) is 7.57. The van der Waals surface area contributed by atoms with E-state index < -0.39 is 18.1 Å². The predicted octanol–water partition coefficient (Wildman–Crippen LogP) is -0.0456. The number of rotatable bonds is 0. The van der Waals surface area contributed by atoms with E-state index >= 15 is 0 Å². The molecule has 1 aromatic rings. The van der Waals surface area contributed by atoms with E-state index in [0.717, 1.165) is 0 Å². The molecule has 0 saturated carbocycles. The summed E-state index contributed by atoms with van der Waals surface area (Å²) in [5, 5.41) is 0. The summed E-state index contributed by atoms with van der Waals surface area (Å²) in [4.78, 5) is 10.9. The lowest BCUT2D eigenvalue weighted by Crippen LogP contribution is -2.17. The predicted molar refractivity (Wildman–Crippen MR) is 41.4 cm³/mol. The van der Waals surface area contributed by atoms with Crippen LogP contribution in [-0.2, 0) is 0 Å². The normalized spacial score (nSPS) is 9.67. The first-order valence-corrected chi connectivity index (χ1v) is 3.51. The largest absolute Gasteiger partial charge is 0.714 e. The fourth-order valence-corrected chi connectivity index (χ4v) is 1.23. The summed E-state index contributed by atoms with van der Waals surface area (Å²) in [6, 6.07) is -1.94. The van der Waals surface area contributed by atoms with Crippen molar-refractivity contribution in [3.8, 4) is 0 Å². The summed E-state index contributed by atoms with van der Waals surface area (Å²) in [7, 11) is 0. The Balaban J connectivity index is 3.17. The van der Waals surface area contributed by atoms with Crippen LogP contribution in [0.25, 0.3) is 0 Å². The van der Waals surface area contributed by atoms with E-state index in [4.69, 9.17) is 34.4 Å². The van der Waals surface area contributed by atoms with Gasteiger partial charge in [0, 0.05) is 0 Å². The molecule has 3 nitrogen and oxygen atoms in total. The molecule has 0 aliphatic heterocycles. The van der Waals surface area contributed by atoms with Gasteiger partial charge in [0.1, 0.15) is 0 Å². The number of hydrogen-bond donors (Lipinski definition) is 0. The van der Waals surface area contributed by atoms with Gasteiger partial charge in [-0.3, -0.25) is 0 Å². The second kappa shape index (κ2) is 3.04. The van der Waals surface area contributed by atoms with Crippen molar-refractivity contribution in [2.24, 2.45) is 0 Å². The third-order valence-corrected chi connectivity index (χ3v) is 1.41. The smallest absolute Gasteiger partial charge is 0.0756 e. The third-order valence-electron chi connectivity index (χ3n) is 0.738. The van der Waals surface area contributed by atoms with Gasteiger partial charge in [-0.15, -0.1) is 0 Å². The highest BCUT2D eigenvalue weighted by Gasteiger charge is 1.68. The Morgan fingerprint density at radius 1 is 0.667 bits per heavy atom. The molecule has 9 heavy (non-hydrogen) atoms. The Kier molecular flexibility index (Phi) is 2.55. The molecule has 0 aliphatic carbocycles. The van der Waals surface area contributed by atoms with Crippen LogP contribution in [0.5, 0.6) is 0 Å². The third kappa shape index (κ3) is 2.28. The van der Waals surface area contributed by atoms with Crippen molar-refractivity contribution in [1.82, 2.24) is 14.4 Å². The molecule has 0 spiro atoms. The Hall–Kier alpha value is 0.465. The minimum absolute atomic E-state index is 0.646. The van der Waals surface area contributed by atoms with Gasteiger partial charge < -0.3 is 48.8 Å². The topological polar surface area (TPSA) is 38.7 Å². The summed E-state index contributed by atoms with van der Waals surface area (Å²) >= 11 is 16.3. The lowest BCUT2D eigenvalue weighted by atomic mass is 10.1. The quantitative estimate of drug-likeness (QED) is 0.563. The zero-order valence-corrected chi connectivity index (χ0v) is 6.48. The average Bonchev–Trinajstić information content (AvgIpc) is 1.59.